The lowest BCUT2D eigenvalue weighted by molar-refractivity contribution is 1.07. The lowest BCUT2D eigenvalue weighted by Gasteiger charge is -2.12. The molecule has 0 saturated heterocycles. The average molecular weight is 733 g/mol. The number of hydrogen-bond donors (Lipinski definition) is 0. The van der Waals surface area contributed by atoms with Crippen LogP contribution in [0.3, 0.4) is 0 Å². The van der Waals surface area contributed by atoms with Crippen LogP contribution in [0.4, 0.5) is 0 Å². The fourth-order valence-electron chi connectivity index (χ4n) is 7.98. The molecule has 0 amide bonds. The van der Waals surface area contributed by atoms with Crippen LogP contribution in [-0.2, 0) is 0 Å². The van der Waals surface area contributed by atoms with Gasteiger partial charge in [0.15, 0.2) is 17.5 Å². The zero-order valence-electron chi connectivity index (χ0n) is 30.2. The van der Waals surface area contributed by atoms with Crippen molar-refractivity contribution in [3.8, 4) is 62.1 Å². The second kappa shape index (κ2) is 13.3. The number of rotatable bonds is 6. The van der Waals surface area contributed by atoms with Crippen LogP contribution in [0.5, 0.6) is 0 Å². The van der Waals surface area contributed by atoms with E-state index in [1.54, 1.807) is 0 Å². The van der Waals surface area contributed by atoms with Crippen LogP contribution in [0.15, 0.2) is 194 Å². The van der Waals surface area contributed by atoms with Gasteiger partial charge in [-0.1, -0.05) is 152 Å². The van der Waals surface area contributed by atoms with E-state index in [4.69, 9.17) is 15.0 Å². The number of hydrogen-bond acceptors (Lipinski definition) is 4. The van der Waals surface area contributed by atoms with Gasteiger partial charge >= 0.3 is 0 Å². The molecule has 5 heteroatoms. The zero-order chi connectivity index (χ0) is 37.0. The maximum atomic E-state index is 5.05. The minimum atomic E-state index is 0.630. The van der Waals surface area contributed by atoms with Crippen molar-refractivity contribution < 1.29 is 0 Å². The van der Waals surface area contributed by atoms with E-state index in [-0.39, 0.29) is 0 Å². The molecule has 4 nitrogen and oxygen atoms in total. The predicted molar refractivity (Wildman–Crippen MR) is 234 cm³/mol. The maximum absolute atomic E-state index is 5.05. The molecule has 0 fully saturated rings. The maximum Gasteiger partial charge on any atom is 0.164 e. The van der Waals surface area contributed by atoms with Crippen LogP contribution in [0.25, 0.3) is 104 Å². The Hall–Kier alpha value is -7.21. The van der Waals surface area contributed by atoms with E-state index in [0.717, 1.165) is 33.4 Å². The van der Waals surface area contributed by atoms with Gasteiger partial charge in [-0.25, -0.2) is 15.0 Å². The van der Waals surface area contributed by atoms with Crippen molar-refractivity contribution >= 4 is 53.3 Å². The molecule has 0 bridgehead atoms. The van der Waals surface area contributed by atoms with Crippen molar-refractivity contribution in [2.45, 2.75) is 0 Å². The number of aromatic nitrogens is 4. The van der Waals surface area contributed by atoms with Gasteiger partial charge in [0.05, 0.1) is 11.0 Å². The van der Waals surface area contributed by atoms with E-state index in [9.17, 15) is 0 Å². The second-order valence-corrected chi connectivity index (χ2v) is 15.1. The van der Waals surface area contributed by atoms with Gasteiger partial charge in [0, 0.05) is 53.3 Å². The lowest BCUT2D eigenvalue weighted by atomic mass is 9.99. The Bertz CT molecular complexity index is 3180. The molecule has 3 heterocycles. The third-order valence-electron chi connectivity index (χ3n) is 10.6. The Morgan fingerprint density at radius 2 is 0.857 bits per heavy atom. The molecule has 3 aromatic heterocycles. The Labute approximate surface area is 327 Å². The number of thiophene rings is 1. The molecule has 0 saturated carbocycles. The summed E-state index contributed by atoms with van der Waals surface area (Å²) in [5.74, 6) is 1.92. The van der Waals surface area contributed by atoms with Gasteiger partial charge in [0.2, 0.25) is 0 Å². The first-order chi connectivity index (χ1) is 27.7. The van der Waals surface area contributed by atoms with E-state index < -0.39 is 0 Å². The zero-order valence-corrected chi connectivity index (χ0v) is 31.0. The SMILES string of the molecule is c1ccc(-c2ccc3c(c2)c2cc(-c4cccc5c4sc4ccccc45)ccc2n3-c2cccc(-c3nc(-c4ccccc4)nc(-c4ccccc4)n3)c2)cc1. The van der Waals surface area contributed by atoms with Crippen molar-refractivity contribution in [2.24, 2.45) is 0 Å². The Kier molecular flexibility index (Phi) is 7.64. The highest BCUT2D eigenvalue weighted by molar-refractivity contribution is 7.26. The fourth-order valence-corrected chi connectivity index (χ4v) is 9.21. The van der Waals surface area contributed by atoms with E-state index in [2.05, 4.69) is 138 Å². The largest absolute Gasteiger partial charge is 0.309 e. The Balaban J connectivity index is 1.11. The molecule has 0 atom stereocenters. The molecule has 0 aliphatic carbocycles. The first-order valence-electron chi connectivity index (χ1n) is 18.8. The molecule has 0 N–H and O–H groups in total. The van der Waals surface area contributed by atoms with Gasteiger partial charge < -0.3 is 4.57 Å². The predicted octanol–water partition coefficient (Wildman–Crippen LogP) is 13.7. The Morgan fingerprint density at radius 3 is 1.54 bits per heavy atom. The summed E-state index contributed by atoms with van der Waals surface area (Å²) < 4.78 is 5.01. The number of nitrogens with zero attached hydrogens (tertiary/aromatic N) is 4. The van der Waals surface area contributed by atoms with Gasteiger partial charge in [0.25, 0.3) is 0 Å². The summed E-state index contributed by atoms with van der Waals surface area (Å²) in [4.78, 5) is 15.0. The average Bonchev–Trinajstić information content (AvgIpc) is 3.82. The minimum absolute atomic E-state index is 0.630. The van der Waals surface area contributed by atoms with Crippen molar-refractivity contribution in [1.29, 1.82) is 0 Å². The molecular formula is C51H32N4S. The first-order valence-corrected chi connectivity index (χ1v) is 19.6. The summed E-state index contributed by atoms with van der Waals surface area (Å²) in [5.41, 5.74) is 11.0. The van der Waals surface area contributed by atoms with Crippen LogP contribution >= 0.6 is 11.3 Å². The molecular weight excluding hydrogens is 701 g/mol. The molecule has 0 aliphatic rings. The molecule has 8 aromatic carbocycles. The van der Waals surface area contributed by atoms with Gasteiger partial charge in [0.1, 0.15) is 0 Å². The highest BCUT2D eigenvalue weighted by Crippen LogP contribution is 2.42. The highest BCUT2D eigenvalue weighted by Gasteiger charge is 2.18. The summed E-state index contributed by atoms with van der Waals surface area (Å²) in [5, 5.41) is 5.02. The van der Waals surface area contributed by atoms with Crippen LogP contribution in [0.2, 0.25) is 0 Å². The lowest BCUT2D eigenvalue weighted by Crippen LogP contribution is -2.01. The van der Waals surface area contributed by atoms with Crippen molar-refractivity contribution in [3.05, 3.63) is 194 Å². The molecule has 0 radical (unpaired) electrons. The summed E-state index contributed by atoms with van der Waals surface area (Å²) >= 11 is 1.87. The van der Waals surface area contributed by atoms with Crippen molar-refractivity contribution in [1.82, 2.24) is 19.5 Å². The summed E-state index contributed by atoms with van der Waals surface area (Å²) in [6.07, 6.45) is 0. The van der Waals surface area contributed by atoms with E-state index in [1.807, 2.05) is 72.0 Å². The second-order valence-electron chi connectivity index (χ2n) is 14.0. The Morgan fingerprint density at radius 1 is 0.339 bits per heavy atom. The van der Waals surface area contributed by atoms with Gasteiger partial charge in [-0.05, 0) is 64.7 Å². The van der Waals surface area contributed by atoms with E-state index in [1.165, 1.54) is 53.2 Å². The smallest absolute Gasteiger partial charge is 0.164 e. The number of benzene rings is 8. The third kappa shape index (κ3) is 5.48. The van der Waals surface area contributed by atoms with Crippen molar-refractivity contribution in [3.63, 3.8) is 0 Å². The monoisotopic (exact) mass is 732 g/mol. The van der Waals surface area contributed by atoms with Gasteiger partial charge in [-0.2, -0.15) is 0 Å². The van der Waals surface area contributed by atoms with Crippen LogP contribution in [-0.4, -0.2) is 19.5 Å². The molecule has 262 valence electrons. The molecule has 0 unspecified atom stereocenters. The molecule has 56 heavy (non-hydrogen) atoms. The topological polar surface area (TPSA) is 43.6 Å². The summed E-state index contributed by atoms with van der Waals surface area (Å²) in [6.45, 7) is 0. The van der Waals surface area contributed by atoms with Gasteiger partial charge in [-0.3, -0.25) is 0 Å². The standard InChI is InChI=1S/C51H32N4S/c1-4-14-33(15-5-1)36-26-28-45-43(31-36)44-32-37(40-23-13-24-42-41-22-10-11-25-47(41)56-48(40)42)27-29-46(44)55(45)39-21-12-20-38(30-39)51-53-49(34-16-6-2-7-17-34)52-50(54-51)35-18-8-3-9-19-35/h1-32H. The first kappa shape index (κ1) is 32.2. The number of fused-ring (bicyclic) bond motifs is 6. The quantitative estimate of drug-likeness (QED) is 0.171. The van der Waals surface area contributed by atoms with Crippen LogP contribution in [0.1, 0.15) is 0 Å². The van der Waals surface area contributed by atoms with Crippen LogP contribution < -0.4 is 0 Å². The van der Waals surface area contributed by atoms with E-state index >= 15 is 0 Å². The fraction of sp³-hybridized carbons (Fsp3) is 0. The molecule has 11 aromatic rings. The molecule has 0 spiro atoms. The normalized spacial score (nSPS) is 11.6. The third-order valence-corrected chi connectivity index (χ3v) is 11.9. The highest BCUT2D eigenvalue weighted by atomic mass is 32.1. The summed E-state index contributed by atoms with van der Waals surface area (Å²) in [7, 11) is 0. The summed E-state index contributed by atoms with van der Waals surface area (Å²) in [6, 6.07) is 68.7. The molecule has 11 rings (SSSR count). The van der Waals surface area contributed by atoms with E-state index in [0.29, 0.717) is 17.5 Å². The molecule has 0 aliphatic heterocycles. The van der Waals surface area contributed by atoms with Gasteiger partial charge in [-0.15, -0.1) is 11.3 Å². The van der Waals surface area contributed by atoms with Crippen LogP contribution in [0, 0.1) is 0 Å². The minimum Gasteiger partial charge on any atom is -0.309 e. The van der Waals surface area contributed by atoms with Crippen molar-refractivity contribution in [2.75, 3.05) is 0 Å².